The van der Waals surface area contributed by atoms with Crippen LogP contribution in [0.5, 0.6) is 0 Å². The van der Waals surface area contributed by atoms with Crippen LogP contribution in [0.2, 0.25) is 0 Å². The highest BCUT2D eigenvalue weighted by Gasteiger charge is 2.18. The second-order valence-electron chi connectivity index (χ2n) is 10.2. The molecule has 0 atom stereocenters. The molecular weight excluding hydrogens is 512 g/mol. The van der Waals surface area contributed by atoms with Crippen LogP contribution in [0.1, 0.15) is 88.1 Å². The maximum atomic E-state index is 10.8. The minimum Gasteiger partial charge on any atom is -0.498 e. The summed E-state index contributed by atoms with van der Waals surface area (Å²) in [6.45, 7) is 18.0. The molecule has 0 unspecified atom stereocenters. The topological polar surface area (TPSA) is 90.5 Å². The average molecular weight is 553 g/mol. The summed E-state index contributed by atoms with van der Waals surface area (Å²) in [7, 11) is 0. The van der Waals surface area contributed by atoms with Crippen LogP contribution in [-0.2, 0) is 32.4 Å². The molecular formula is C33H40N6O2. The number of imidazole rings is 2. The van der Waals surface area contributed by atoms with Gasteiger partial charge in [-0.05, 0) is 98.4 Å². The molecule has 2 aromatic heterocycles. The lowest BCUT2D eigenvalue weighted by Gasteiger charge is -2.18. The third kappa shape index (κ3) is 6.96. The van der Waals surface area contributed by atoms with Crippen LogP contribution in [-0.4, -0.2) is 19.1 Å². The largest absolute Gasteiger partial charge is 0.498 e. The zero-order chi connectivity index (χ0) is 30.1. The Labute approximate surface area is 243 Å². The second-order valence-corrected chi connectivity index (χ2v) is 10.2. The zero-order valence-corrected chi connectivity index (χ0v) is 25.5. The third-order valence-corrected chi connectivity index (χ3v) is 7.79. The van der Waals surface area contributed by atoms with Gasteiger partial charge in [0.25, 0.3) is 0 Å². The predicted octanol–water partition coefficient (Wildman–Crippen LogP) is 7.45. The smallest absolute Gasteiger partial charge is 0.337 e. The molecule has 2 aromatic carbocycles. The van der Waals surface area contributed by atoms with Gasteiger partial charge in [0.05, 0.1) is 0 Å². The van der Waals surface area contributed by atoms with E-state index in [-0.39, 0.29) is 0 Å². The van der Waals surface area contributed by atoms with E-state index in [1.807, 2.05) is 46.3 Å². The summed E-state index contributed by atoms with van der Waals surface area (Å²) < 4.78 is 4.22. The van der Waals surface area contributed by atoms with Gasteiger partial charge < -0.3 is 19.5 Å². The first-order valence-electron chi connectivity index (χ1n) is 14.1. The second kappa shape index (κ2) is 14.2. The van der Waals surface area contributed by atoms with Crippen molar-refractivity contribution in [3.63, 3.8) is 0 Å². The third-order valence-electron chi connectivity index (χ3n) is 7.79. The summed E-state index contributed by atoms with van der Waals surface area (Å²) in [5.74, 6) is 1.97. The molecule has 0 saturated heterocycles. The van der Waals surface area contributed by atoms with Gasteiger partial charge in [-0.15, -0.1) is 0 Å². The SMILES string of the molecule is CCc1cc(CC)c(Cn2ccnc2C)c(CC)c1C#[N+][O-].Cc1cc(C)c(Cn2ccnc2C)c(C)c1C#[N+][O-]. The Hall–Kier alpha value is -4.56. The predicted molar refractivity (Wildman–Crippen MR) is 167 cm³/mol. The maximum Gasteiger partial charge on any atom is 0.337 e. The summed E-state index contributed by atoms with van der Waals surface area (Å²) in [5.41, 5.74) is 11.1. The van der Waals surface area contributed by atoms with Gasteiger partial charge in [0.2, 0.25) is 0 Å². The molecule has 8 heteroatoms. The van der Waals surface area contributed by atoms with E-state index >= 15 is 0 Å². The van der Waals surface area contributed by atoms with Crippen molar-refractivity contribution in [2.75, 3.05) is 0 Å². The molecule has 0 bridgehead atoms. The standard InChI is InChI=1S/C18H23N3O.C15H17N3O/c1-5-14-10-15(6-2)18(12-21-9-8-19-13(21)4)16(7-3)17(14)11-20-22;1-10-7-11(2)15(12(3)14(10)8-17-19)9-18-6-5-16-13(18)4/h8-10H,5-7,12H2,1-4H3;5-7H,9H2,1-4H3. The maximum absolute atomic E-state index is 10.8. The summed E-state index contributed by atoms with van der Waals surface area (Å²) in [5, 5.41) is 26.9. The minimum atomic E-state index is 0.747. The van der Waals surface area contributed by atoms with Crippen LogP contribution >= 0.6 is 0 Å². The quantitative estimate of drug-likeness (QED) is 0.223. The summed E-state index contributed by atoms with van der Waals surface area (Å²) in [6, 6.07) is 9.50. The van der Waals surface area contributed by atoms with Crippen molar-refractivity contribution >= 4 is 0 Å². The highest BCUT2D eigenvalue weighted by Crippen LogP contribution is 2.27. The van der Waals surface area contributed by atoms with Crippen LogP contribution < -0.4 is 0 Å². The zero-order valence-electron chi connectivity index (χ0n) is 25.5. The Morgan fingerprint density at radius 2 is 1.20 bits per heavy atom. The van der Waals surface area contributed by atoms with E-state index in [4.69, 9.17) is 0 Å². The van der Waals surface area contributed by atoms with E-state index in [9.17, 15) is 10.4 Å². The van der Waals surface area contributed by atoms with Gasteiger partial charge >= 0.3 is 12.1 Å². The molecule has 214 valence electrons. The number of aryl methyl sites for hydroxylation is 6. The van der Waals surface area contributed by atoms with Gasteiger partial charge in [-0.2, -0.15) is 0 Å². The molecule has 8 nitrogen and oxygen atoms in total. The van der Waals surface area contributed by atoms with Crippen molar-refractivity contribution in [1.29, 1.82) is 0 Å². The van der Waals surface area contributed by atoms with Crippen molar-refractivity contribution in [3.8, 4) is 12.1 Å². The number of hydrogen-bond donors (Lipinski definition) is 0. The van der Waals surface area contributed by atoms with E-state index in [1.165, 1.54) is 27.8 Å². The highest BCUT2D eigenvalue weighted by atomic mass is 16.4. The monoisotopic (exact) mass is 552 g/mol. The van der Waals surface area contributed by atoms with Crippen LogP contribution in [0.15, 0.2) is 36.9 Å². The molecule has 0 fully saturated rings. The van der Waals surface area contributed by atoms with Gasteiger partial charge in [-0.1, -0.05) is 32.9 Å². The Morgan fingerprint density at radius 3 is 1.66 bits per heavy atom. The van der Waals surface area contributed by atoms with Gasteiger partial charge in [0.1, 0.15) is 22.8 Å². The van der Waals surface area contributed by atoms with Gasteiger partial charge in [-0.25, -0.2) is 9.97 Å². The number of nitrogens with zero attached hydrogens (tertiary/aromatic N) is 6. The first-order chi connectivity index (χ1) is 19.7. The van der Waals surface area contributed by atoms with Crippen LogP contribution in [0.3, 0.4) is 0 Å². The molecule has 4 aromatic rings. The molecule has 2 heterocycles. The fourth-order valence-corrected chi connectivity index (χ4v) is 5.44. The fourth-order valence-electron chi connectivity index (χ4n) is 5.44. The number of rotatable bonds is 7. The van der Waals surface area contributed by atoms with Gasteiger partial charge in [0.15, 0.2) is 0 Å². The Bertz CT molecular complexity index is 1640. The molecule has 0 amide bonds. The van der Waals surface area contributed by atoms with Crippen LogP contribution in [0, 0.1) is 57.2 Å². The molecule has 0 aliphatic rings. The van der Waals surface area contributed by atoms with Gasteiger partial charge in [0, 0.05) is 47.9 Å². The highest BCUT2D eigenvalue weighted by molar-refractivity contribution is 5.54. The Kier molecular flexibility index (Phi) is 10.7. The minimum absolute atomic E-state index is 0.747. The summed E-state index contributed by atoms with van der Waals surface area (Å²) >= 11 is 0. The van der Waals surface area contributed by atoms with Crippen LogP contribution in [0.25, 0.3) is 10.0 Å². The van der Waals surface area contributed by atoms with E-state index in [2.05, 4.69) is 81.1 Å². The fraction of sp³-hybridized carbons (Fsp3) is 0.394. The molecule has 4 rings (SSSR count). The Balaban J connectivity index is 0.000000228. The van der Waals surface area contributed by atoms with E-state index in [0.717, 1.165) is 71.8 Å². The molecule has 0 radical (unpaired) electrons. The molecule has 0 N–H and O–H groups in total. The summed E-state index contributed by atoms with van der Waals surface area (Å²) in [6.07, 6.45) is 10.3. The Morgan fingerprint density at radius 1 is 0.659 bits per heavy atom. The first-order valence-corrected chi connectivity index (χ1v) is 14.1. The van der Waals surface area contributed by atoms with Crippen molar-refractivity contribution in [3.05, 3.63) is 125 Å². The molecule has 0 spiro atoms. The van der Waals surface area contributed by atoms with Crippen molar-refractivity contribution < 1.29 is 0 Å². The molecule has 0 aliphatic heterocycles. The number of aromatic nitrogens is 4. The summed E-state index contributed by atoms with van der Waals surface area (Å²) in [4.78, 5) is 8.52. The van der Waals surface area contributed by atoms with Crippen LogP contribution in [0.4, 0.5) is 0 Å². The molecule has 41 heavy (non-hydrogen) atoms. The number of benzene rings is 2. The van der Waals surface area contributed by atoms with Crippen molar-refractivity contribution in [1.82, 2.24) is 19.1 Å². The lowest BCUT2D eigenvalue weighted by atomic mass is 9.88. The van der Waals surface area contributed by atoms with E-state index in [0.29, 0.717) is 0 Å². The normalized spacial score (nSPS) is 10.2. The molecule has 0 aliphatic carbocycles. The molecule has 0 saturated carbocycles. The lowest BCUT2D eigenvalue weighted by Crippen LogP contribution is -2.10. The first kappa shape index (κ1) is 31.0. The lowest BCUT2D eigenvalue weighted by molar-refractivity contribution is 0.743. The van der Waals surface area contributed by atoms with E-state index < -0.39 is 0 Å². The average Bonchev–Trinajstić information content (AvgIpc) is 3.56. The number of hydrogen-bond acceptors (Lipinski definition) is 4. The van der Waals surface area contributed by atoms with Crippen molar-refractivity contribution in [2.24, 2.45) is 0 Å². The van der Waals surface area contributed by atoms with Crippen molar-refractivity contribution in [2.45, 2.75) is 87.7 Å². The van der Waals surface area contributed by atoms with E-state index in [1.54, 1.807) is 6.20 Å². The van der Waals surface area contributed by atoms with Gasteiger partial charge in [-0.3, -0.25) is 0 Å².